The molecule has 2 aromatic rings. The molecule has 0 saturated carbocycles. The van der Waals surface area contributed by atoms with Gasteiger partial charge in [-0.2, -0.15) is 0 Å². The van der Waals surface area contributed by atoms with Crippen molar-refractivity contribution in [2.45, 2.75) is 6.92 Å². The second-order valence-electron chi connectivity index (χ2n) is 5.24. The number of hydrogen-bond acceptors (Lipinski definition) is 4. The van der Waals surface area contributed by atoms with E-state index in [9.17, 15) is 4.79 Å². The van der Waals surface area contributed by atoms with Gasteiger partial charge < -0.3 is 4.74 Å². The van der Waals surface area contributed by atoms with E-state index in [0.29, 0.717) is 15.0 Å². The molecule has 3 nitrogen and oxygen atoms in total. The highest BCUT2D eigenvalue weighted by Crippen LogP contribution is 2.37. The van der Waals surface area contributed by atoms with E-state index in [-0.39, 0.29) is 5.91 Å². The van der Waals surface area contributed by atoms with Crippen LogP contribution < -0.4 is 9.64 Å². The molecule has 0 spiro atoms. The summed E-state index contributed by atoms with van der Waals surface area (Å²) in [6.45, 7) is 1.99. The molecule has 1 aliphatic heterocycles. The summed E-state index contributed by atoms with van der Waals surface area (Å²) in [6, 6.07) is 13.4. The molecule has 0 atom stereocenters. The normalized spacial score (nSPS) is 16.1. The average Bonchev–Trinajstić information content (AvgIpc) is 2.81. The van der Waals surface area contributed by atoms with E-state index in [0.717, 1.165) is 21.3 Å². The third-order valence-electron chi connectivity index (χ3n) is 3.53. The summed E-state index contributed by atoms with van der Waals surface area (Å²) in [5.74, 6) is 0.594. The lowest BCUT2D eigenvalue weighted by Crippen LogP contribution is -2.27. The van der Waals surface area contributed by atoms with Gasteiger partial charge in [-0.3, -0.25) is 9.69 Å². The molecule has 0 aromatic heterocycles. The number of methoxy groups -OCH3 is 1. The van der Waals surface area contributed by atoms with Crippen molar-refractivity contribution in [3.8, 4) is 5.75 Å². The molecular formula is C18H14BrNO2S2. The number of amides is 1. The Bertz CT molecular complexity index is 864. The van der Waals surface area contributed by atoms with Gasteiger partial charge in [0.2, 0.25) is 0 Å². The molecule has 1 fully saturated rings. The van der Waals surface area contributed by atoms with Gasteiger partial charge in [0.25, 0.3) is 5.91 Å². The van der Waals surface area contributed by atoms with Crippen LogP contribution in [0.15, 0.2) is 51.8 Å². The van der Waals surface area contributed by atoms with Crippen molar-refractivity contribution in [3.63, 3.8) is 0 Å². The third kappa shape index (κ3) is 3.41. The minimum Gasteiger partial charge on any atom is -0.496 e. The van der Waals surface area contributed by atoms with Crippen LogP contribution in [0.25, 0.3) is 6.08 Å². The maximum Gasteiger partial charge on any atom is 0.270 e. The zero-order chi connectivity index (χ0) is 17.3. The van der Waals surface area contributed by atoms with E-state index >= 15 is 0 Å². The second-order valence-corrected chi connectivity index (χ2v) is 7.83. The van der Waals surface area contributed by atoms with Crippen molar-refractivity contribution in [2.75, 3.05) is 12.0 Å². The minimum atomic E-state index is -0.113. The van der Waals surface area contributed by atoms with E-state index in [2.05, 4.69) is 15.9 Å². The summed E-state index contributed by atoms with van der Waals surface area (Å²) in [5.41, 5.74) is 2.71. The molecule has 2 aromatic carbocycles. The number of rotatable bonds is 3. The van der Waals surface area contributed by atoms with Gasteiger partial charge in [-0.1, -0.05) is 52.0 Å². The van der Waals surface area contributed by atoms with Gasteiger partial charge in [0.1, 0.15) is 5.75 Å². The Kier molecular flexibility index (Phi) is 5.08. The predicted octanol–water partition coefficient (Wildman–Crippen LogP) is 5.17. The standard InChI is InChI=1S/C18H14BrNO2S2/c1-11-4-3-5-14(8-11)20-17(21)16(24-18(20)23)10-12-9-13(19)6-7-15(12)22-2/h3-10H,1-2H3/b16-10-. The molecule has 0 N–H and O–H groups in total. The molecule has 1 aliphatic rings. The van der Waals surface area contributed by atoms with Crippen LogP contribution in [-0.2, 0) is 4.79 Å². The van der Waals surface area contributed by atoms with Gasteiger partial charge in [0, 0.05) is 10.0 Å². The summed E-state index contributed by atoms with van der Waals surface area (Å²) in [4.78, 5) is 15.0. The molecule has 0 bridgehead atoms. The number of thioether (sulfide) groups is 1. The molecular weight excluding hydrogens is 406 g/mol. The highest BCUT2D eigenvalue weighted by molar-refractivity contribution is 9.10. The van der Waals surface area contributed by atoms with Gasteiger partial charge >= 0.3 is 0 Å². The fourth-order valence-electron chi connectivity index (χ4n) is 2.42. The Labute approximate surface area is 158 Å². The van der Waals surface area contributed by atoms with Crippen LogP contribution in [0.3, 0.4) is 0 Å². The number of carbonyl (C=O) groups excluding carboxylic acids is 1. The van der Waals surface area contributed by atoms with Crippen molar-refractivity contribution >= 4 is 61.9 Å². The monoisotopic (exact) mass is 419 g/mol. The summed E-state index contributed by atoms with van der Waals surface area (Å²) in [7, 11) is 1.61. The summed E-state index contributed by atoms with van der Waals surface area (Å²) >= 11 is 10.2. The van der Waals surface area contributed by atoms with Gasteiger partial charge in [-0.25, -0.2) is 0 Å². The Hall–Kier alpha value is -1.63. The van der Waals surface area contributed by atoms with Crippen LogP contribution in [0.5, 0.6) is 5.75 Å². The highest BCUT2D eigenvalue weighted by atomic mass is 79.9. The SMILES string of the molecule is COc1ccc(Br)cc1/C=C1\SC(=S)N(c2cccc(C)c2)C1=O. The number of benzene rings is 2. The van der Waals surface area contributed by atoms with Crippen molar-refractivity contribution < 1.29 is 9.53 Å². The molecule has 0 radical (unpaired) electrons. The molecule has 0 unspecified atom stereocenters. The van der Waals surface area contributed by atoms with E-state index in [1.165, 1.54) is 11.8 Å². The largest absolute Gasteiger partial charge is 0.496 e. The highest BCUT2D eigenvalue weighted by Gasteiger charge is 2.33. The van der Waals surface area contributed by atoms with E-state index in [1.807, 2.05) is 55.5 Å². The molecule has 24 heavy (non-hydrogen) atoms. The van der Waals surface area contributed by atoms with Gasteiger partial charge in [-0.15, -0.1) is 0 Å². The maximum absolute atomic E-state index is 12.8. The first-order chi connectivity index (χ1) is 11.5. The van der Waals surface area contributed by atoms with Crippen LogP contribution >= 0.6 is 39.9 Å². The number of thiocarbonyl (C=S) groups is 1. The zero-order valence-corrected chi connectivity index (χ0v) is 16.3. The molecule has 3 rings (SSSR count). The molecule has 1 saturated heterocycles. The van der Waals surface area contributed by atoms with Crippen LogP contribution in [0.1, 0.15) is 11.1 Å². The third-order valence-corrected chi connectivity index (χ3v) is 5.33. The lowest BCUT2D eigenvalue weighted by molar-refractivity contribution is -0.113. The number of nitrogens with zero attached hydrogens (tertiary/aromatic N) is 1. The quantitative estimate of drug-likeness (QED) is 0.506. The molecule has 0 aliphatic carbocycles. The Balaban J connectivity index is 1.99. The van der Waals surface area contributed by atoms with Crippen molar-refractivity contribution in [1.29, 1.82) is 0 Å². The summed E-state index contributed by atoms with van der Waals surface area (Å²) in [6.07, 6.45) is 1.82. The van der Waals surface area contributed by atoms with Crippen LogP contribution in [0.2, 0.25) is 0 Å². The number of anilines is 1. The zero-order valence-electron chi connectivity index (χ0n) is 13.1. The fourth-order valence-corrected chi connectivity index (χ4v) is 4.09. The predicted molar refractivity (Wildman–Crippen MR) is 108 cm³/mol. The van der Waals surface area contributed by atoms with Crippen molar-refractivity contribution in [3.05, 3.63) is 63.0 Å². The molecule has 1 heterocycles. The van der Waals surface area contributed by atoms with E-state index in [4.69, 9.17) is 17.0 Å². The average molecular weight is 420 g/mol. The van der Waals surface area contributed by atoms with Gasteiger partial charge in [-0.05, 0) is 48.9 Å². The van der Waals surface area contributed by atoms with E-state index in [1.54, 1.807) is 12.0 Å². The maximum atomic E-state index is 12.8. The molecule has 122 valence electrons. The lowest BCUT2D eigenvalue weighted by Gasteiger charge is -2.14. The Morgan fingerprint density at radius 3 is 2.75 bits per heavy atom. The smallest absolute Gasteiger partial charge is 0.270 e. The van der Waals surface area contributed by atoms with Crippen LogP contribution in [0, 0.1) is 6.92 Å². The van der Waals surface area contributed by atoms with Gasteiger partial charge in [0.05, 0.1) is 17.7 Å². The minimum absolute atomic E-state index is 0.113. The summed E-state index contributed by atoms with van der Waals surface area (Å²) in [5, 5.41) is 0. The topological polar surface area (TPSA) is 29.5 Å². The number of ether oxygens (including phenoxy) is 1. The van der Waals surface area contributed by atoms with E-state index < -0.39 is 0 Å². The first kappa shape index (κ1) is 17.2. The number of aryl methyl sites for hydroxylation is 1. The van der Waals surface area contributed by atoms with Crippen LogP contribution in [-0.4, -0.2) is 17.3 Å². The Morgan fingerprint density at radius 2 is 2.04 bits per heavy atom. The fraction of sp³-hybridized carbons (Fsp3) is 0.111. The number of carbonyl (C=O) groups is 1. The number of halogens is 1. The molecule has 6 heteroatoms. The van der Waals surface area contributed by atoms with Crippen molar-refractivity contribution in [1.82, 2.24) is 0 Å². The second kappa shape index (κ2) is 7.09. The van der Waals surface area contributed by atoms with Crippen molar-refractivity contribution in [2.24, 2.45) is 0 Å². The first-order valence-electron chi connectivity index (χ1n) is 7.18. The van der Waals surface area contributed by atoms with Crippen LogP contribution in [0.4, 0.5) is 5.69 Å². The molecule has 1 amide bonds. The first-order valence-corrected chi connectivity index (χ1v) is 9.19. The Morgan fingerprint density at radius 1 is 1.25 bits per heavy atom. The lowest BCUT2D eigenvalue weighted by atomic mass is 10.1. The van der Waals surface area contributed by atoms with Gasteiger partial charge in [0.15, 0.2) is 4.32 Å². The summed E-state index contributed by atoms with van der Waals surface area (Å²) < 4.78 is 6.82. The number of hydrogen-bond donors (Lipinski definition) is 0.